The molecule has 10 aromatic carbocycles. The van der Waals surface area contributed by atoms with Gasteiger partial charge in [-0.2, -0.15) is 0 Å². The molecule has 0 bridgehead atoms. The van der Waals surface area contributed by atoms with Crippen LogP contribution < -0.4 is 18.9 Å². The van der Waals surface area contributed by atoms with Crippen LogP contribution in [0.15, 0.2) is 182 Å². The van der Waals surface area contributed by atoms with Crippen molar-refractivity contribution in [3.8, 4) is 123 Å². The molecule has 0 spiro atoms. The van der Waals surface area contributed by atoms with Crippen molar-refractivity contribution < 1.29 is 18.9 Å². The second kappa shape index (κ2) is 21.6. The largest absolute Gasteiger partial charge is 0.497 e. The Morgan fingerprint density at radius 2 is 0.352 bits per heavy atom. The number of hydrogen-bond acceptors (Lipinski definition) is 4. The first-order valence-electron chi connectivity index (χ1n) is 32.6. The molecule has 4 heteroatoms. The molecule has 10 aromatic rings. The standard InChI is InChI=1S/C84H82O4/c1-13-81(14-2)73-43-51(21-29-65(73)69-33-25-61(85-9)47-77(69)81)55-37-56(52-22-30-66-70-34-26-62(86-10)48-78(70)82(15-3,16-4)74(66)44-52)40-59(39-55)60-41-57(53-23-31-67-71-35-27-63(87-11)49-79(71)83(17-5,18-6)75(67)45-53)38-58(42-60)54-24-32-68-72-36-28-64(88-12)50-80(72)84(19-7,20-8)76(68)46-54/h21-50H,13-20H2,1-12H3. The number of methoxy groups -OCH3 is 4. The van der Waals surface area contributed by atoms with Crippen molar-refractivity contribution in [3.05, 3.63) is 226 Å². The summed E-state index contributed by atoms with van der Waals surface area (Å²) in [4.78, 5) is 0. The molecule has 4 aliphatic carbocycles. The molecule has 0 unspecified atom stereocenters. The first-order valence-corrected chi connectivity index (χ1v) is 32.6. The van der Waals surface area contributed by atoms with Crippen LogP contribution in [0.1, 0.15) is 151 Å². The smallest absolute Gasteiger partial charge is 0.119 e. The molecule has 0 heterocycles. The summed E-state index contributed by atoms with van der Waals surface area (Å²) in [5, 5.41) is 0. The molecule has 0 aromatic heterocycles. The van der Waals surface area contributed by atoms with Crippen LogP contribution in [0.4, 0.5) is 0 Å². The Morgan fingerprint density at radius 3 is 0.523 bits per heavy atom. The van der Waals surface area contributed by atoms with Crippen molar-refractivity contribution in [2.75, 3.05) is 28.4 Å². The maximum absolute atomic E-state index is 5.89. The number of ether oxygens (including phenoxy) is 4. The first kappa shape index (κ1) is 57.2. The van der Waals surface area contributed by atoms with Gasteiger partial charge in [0.15, 0.2) is 0 Å². The van der Waals surface area contributed by atoms with Crippen molar-refractivity contribution in [1.82, 2.24) is 0 Å². The van der Waals surface area contributed by atoms with Crippen molar-refractivity contribution in [2.45, 2.75) is 128 Å². The van der Waals surface area contributed by atoms with E-state index in [1.165, 1.54) is 145 Å². The third-order valence-electron chi connectivity index (χ3n) is 22.6. The molecule has 0 saturated heterocycles. The van der Waals surface area contributed by atoms with E-state index < -0.39 is 0 Å². The lowest BCUT2D eigenvalue weighted by Gasteiger charge is -2.30. The second-order valence-electron chi connectivity index (χ2n) is 25.4. The number of fused-ring (bicyclic) bond motifs is 12. The van der Waals surface area contributed by atoms with Crippen molar-refractivity contribution in [2.24, 2.45) is 0 Å². The molecule has 0 aliphatic heterocycles. The van der Waals surface area contributed by atoms with Gasteiger partial charge in [-0.25, -0.2) is 0 Å². The summed E-state index contributed by atoms with van der Waals surface area (Å²) in [6.07, 6.45) is 7.91. The molecule has 442 valence electrons. The van der Waals surface area contributed by atoms with Gasteiger partial charge in [0.2, 0.25) is 0 Å². The van der Waals surface area contributed by atoms with Crippen molar-refractivity contribution in [1.29, 1.82) is 0 Å². The van der Waals surface area contributed by atoms with Gasteiger partial charge in [0.1, 0.15) is 23.0 Å². The maximum Gasteiger partial charge on any atom is 0.119 e. The molecule has 14 rings (SSSR count). The third-order valence-corrected chi connectivity index (χ3v) is 22.6. The van der Waals surface area contributed by atoms with Crippen molar-refractivity contribution >= 4 is 0 Å². The molecule has 0 fully saturated rings. The summed E-state index contributed by atoms with van der Waals surface area (Å²) in [5.41, 5.74) is 33.1. The fourth-order valence-electron chi connectivity index (χ4n) is 17.4. The Hall–Kier alpha value is -8.60. The summed E-state index contributed by atoms with van der Waals surface area (Å²) in [6.45, 7) is 18.9. The average Bonchev–Trinajstić information content (AvgIpc) is 1.67. The Balaban J connectivity index is 1.01. The summed E-state index contributed by atoms with van der Waals surface area (Å²) in [5.74, 6) is 3.63. The minimum atomic E-state index is -0.146. The van der Waals surface area contributed by atoms with Gasteiger partial charge in [0.25, 0.3) is 0 Å². The molecule has 0 saturated carbocycles. The van der Waals surface area contributed by atoms with Gasteiger partial charge in [-0.3, -0.25) is 0 Å². The fourth-order valence-corrected chi connectivity index (χ4v) is 17.4. The van der Waals surface area contributed by atoms with Crippen LogP contribution in [0.3, 0.4) is 0 Å². The minimum absolute atomic E-state index is 0.146. The fraction of sp³-hybridized carbons (Fsp3) is 0.286. The topological polar surface area (TPSA) is 36.9 Å². The zero-order valence-electron chi connectivity index (χ0n) is 53.6. The van der Waals surface area contributed by atoms with E-state index in [2.05, 4.69) is 237 Å². The molecule has 88 heavy (non-hydrogen) atoms. The van der Waals surface area contributed by atoms with Crippen LogP contribution >= 0.6 is 0 Å². The first-order chi connectivity index (χ1) is 42.9. The number of benzene rings is 10. The molecule has 0 N–H and O–H groups in total. The van der Waals surface area contributed by atoms with Gasteiger partial charge in [-0.05, 0) is 305 Å². The van der Waals surface area contributed by atoms with Crippen LogP contribution in [0.2, 0.25) is 0 Å². The molecule has 4 aliphatic rings. The van der Waals surface area contributed by atoms with Gasteiger partial charge in [0.05, 0.1) is 28.4 Å². The van der Waals surface area contributed by atoms with Crippen LogP contribution in [-0.2, 0) is 21.7 Å². The summed E-state index contributed by atoms with van der Waals surface area (Å²) in [6, 6.07) is 70.9. The molecular weight excluding hydrogens is 1070 g/mol. The lowest BCUT2D eigenvalue weighted by Crippen LogP contribution is -2.23. The minimum Gasteiger partial charge on any atom is -0.497 e. The number of hydrogen-bond donors (Lipinski definition) is 0. The summed E-state index contributed by atoms with van der Waals surface area (Å²) >= 11 is 0. The van der Waals surface area contributed by atoms with Crippen molar-refractivity contribution in [3.63, 3.8) is 0 Å². The predicted molar refractivity (Wildman–Crippen MR) is 367 cm³/mol. The third kappa shape index (κ3) is 8.15. The van der Waals surface area contributed by atoms with Crippen LogP contribution in [0, 0.1) is 0 Å². The quantitative estimate of drug-likeness (QED) is 0.0910. The van der Waals surface area contributed by atoms with Gasteiger partial charge in [0, 0.05) is 21.7 Å². The molecule has 0 radical (unpaired) electrons. The van der Waals surface area contributed by atoms with Crippen LogP contribution in [-0.4, -0.2) is 28.4 Å². The Labute approximate surface area is 522 Å². The van der Waals surface area contributed by atoms with E-state index in [1.54, 1.807) is 28.4 Å². The predicted octanol–water partition coefficient (Wildman–Crippen LogP) is 22.4. The highest BCUT2D eigenvalue weighted by molar-refractivity contribution is 5.93. The second-order valence-corrected chi connectivity index (χ2v) is 25.4. The van der Waals surface area contributed by atoms with E-state index in [4.69, 9.17) is 18.9 Å². The van der Waals surface area contributed by atoms with Gasteiger partial charge < -0.3 is 18.9 Å². The van der Waals surface area contributed by atoms with Gasteiger partial charge >= 0.3 is 0 Å². The molecule has 4 nitrogen and oxygen atoms in total. The van der Waals surface area contributed by atoms with Crippen LogP contribution in [0.25, 0.3) is 100 Å². The zero-order chi connectivity index (χ0) is 61.0. The monoisotopic (exact) mass is 1150 g/mol. The van der Waals surface area contributed by atoms with E-state index in [9.17, 15) is 0 Å². The SMILES string of the molecule is CCC1(CC)c2cc(OC)ccc2-c2ccc(-c3cc(-c4cc(-c5ccc6c(c5)C(CC)(CC)c5cc(OC)ccc5-6)cc(-c5ccc6c(c5)C(CC)(CC)c5cc(OC)ccc5-6)c4)cc(-c4ccc5c(c4)C(CC)(CC)c4cc(OC)ccc4-5)c3)cc21. The lowest BCUT2D eigenvalue weighted by molar-refractivity contribution is 0.411. The highest BCUT2D eigenvalue weighted by Gasteiger charge is 2.45. The van der Waals surface area contributed by atoms with E-state index in [-0.39, 0.29) is 21.7 Å². The Morgan fingerprint density at radius 1 is 0.193 bits per heavy atom. The zero-order valence-corrected chi connectivity index (χ0v) is 53.6. The Bertz CT molecular complexity index is 3880. The van der Waals surface area contributed by atoms with Gasteiger partial charge in [-0.1, -0.05) is 128 Å². The van der Waals surface area contributed by atoms with E-state index in [1.807, 2.05) is 0 Å². The highest BCUT2D eigenvalue weighted by atomic mass is 16.5. The lowest BCUT2D eigenvalue weighted by atomic mass is 9.73. The van der Waals surface area contributed by atoms with Crippen LogP contribution in [0.5, 0.6) is 23.0 Å². The van der Waals surface area contributed by atoms with Gasteiger partial charge in [-0.15, -0.1) is 0 Å². The molecule has 0 amide bonds. The normalized spacial score (nSPS) is 15.1. The highest BCUT2D eigenvalue weighted by Crippen LogP contribution is 2.59. The van der Waals surface area contributed by atoms with E-state index in [0.717, 1.165) is 74.4 Å². The van der Waals surface area contributed by atoms with E-state index >= 15 is 0 Å². The average molecular weight is 1160 g/mol. The molecule has 0 atom stereocenters. The molecular formula is C84H82O4. The summed E-state index contributed by atoms with van der Waals surface area (Å²) in [7, 11) is 7.13. The Kier molecular flexibility index (Phi) is 14.0. The van der Waals surface area contributed by atoms with E-state index in [0.29, 0.717) is 0 Å². The number of rotatable bonds is 17. The maximum atomic E-state index is 5.89. The summed E-state index contributed by atoms with van der Waals surface area (Å²) < 4.78 is 23.5.